The maximum Gasteiger partial charge on any atom is 0.133 e. The van der Waals surface area contributed by atoms with Gasteiger partial charge in [0.25, 0.3) is 0 Å². The van der Waals surface area contributed by atoms with Crippen LogP contribution in [0, 0.1) is 0 Å². The van der Waals surface area contributed by atoms with E-state index in [9.17, 15) is 0 Å². The van der Waals surface area contributed by atoms with Crippen LogP contribution < -0.4 is 10.5 Å². The van der Waals surface area contributed by atoms with Crippen molar-refractivity contribution in [2.24, 2.45) is 5.73 Å². The van der Waals surface area contributed by atoms with Crippen molar-refractivity contribution in [3.05, 3.63) is 46.7 Å². The van der Waals surface area contributed by atoms with E-state index < -0.39 is 0 Å². The van der Waals surface area contributed by atoms with Gasteiger partial charge in [-0.1, -0.05) is 6.07 Å². The zero-order valence-electron chi connectivity index (χ0n) is 10.9. The third kappa shape index (κ3) is 4.36. The van der Waals surface area contributed by atoms with Crippen molar-refractivity contribution in [1.29, 1.82) is 0 Å². The van der Waals surface area contributed by atoms with E-state index in [1.165, 1.54) is 5.56 Å². The quantitative estimate of drug-likeness (QED) is 0.889. The van der Waals surface area contributed by atoms with E-state index in [4.69, 9.17) is 10.5 Å². The van der Waals surface area contributed by atoms with Gasteiger partial charge in [0, 0.05) is 18.4 Å². The summed E-state index contributed by atoms with van der Waals surface area (Å²) in [4.78, 5) is 0. The van der Waals surface area contributed by atoms with E-state index >= 15 is 0 Å². The number of aromatic nitrogens is 2. The second kappa shape index (κ2) is 6.73. The lowest BCUT2D eigenvalue weighted by Crippen LogP contribution is -2.17. The van der Waals surface area contributed by atoms with E-state index in [0.29, 0.717) is 6.61 Å². The molecule has 0 bridgehead atoms. The van der Waals surface area contributed by atoms with Gasteiger partial charge < -0.3 is 10.5 Å². The van der Waals surface area contributed by atoms with E-state index in [1.807, 2.05) is 29.9 Å². The van der Waals surface area contributed by atoms with Crippen LogP contribution in [0.15, 0.2) is 41.1 Å². The molecule has 0 radical (unpaired) electrons. The Morgan fingerprint density at radius 2 is 2.32 bits per heavy atom. The minimum Gasteiger partial charge on any atom is -0.490 e. The summed E-state index contributed by atoms with van der Waals surface area (Å²) in [6, 6.07) is 8.16. The highest BCUT2D eigenvalue weighted by Gasteiger charge is 2.04. The number of ether oxygens (including phenoxy) is 1. The molecule has 0 amide bonds. The monoisotopic (exact) mass is 323 g/mol. The number of rotatable bonds is 6. The molecule has 0 aliphatic heterocycles. The Morgan fingerprint density at radius 3 is 2.95 bits per heavy atom. The molecule has 1 atom stereocenters. The lowest BCUT2D eigenvalue weighted by molar-refractivity contribution is 0.289. The Kier molecular flexibility index (Phi) is 4.99. The van der Waals surface area contributed by atoms with Crippen molar-refractivity contribution in [2.45, 2.75) is 25.9 Å². The molecular weight excluding hydrogens is 306 g/mol. The molecule has 1 aromatic carbocycles. The maximum atomic E-state index is 5.79. The first-order chi connectivity index (χ1) is 9.15. The van der Waals surface area contributed by atoms with Crippen LogP contribution in [0.5, 0.6) is 5.75 Å². The summed E-state index contributed by atoms with van der Waals surface area (Å²) in [7, 11) is 0. The fourth-order valence-corrected chi connectivity index (χ4v) is 2.38. The Hall–Kier alpha value is -1.33. The van der Waals surface area contributed by atoms with Crippen LogP contribution in [0.1, 0.15) is 12.5 Å². The van der Waals surface area contributed by atoms with Crippen molar-refractivity contribution in [2.75, 3.05) is 6.61 Å². The second-order valence-corrected chi connectivity index (χ2v) is 5.42. The zero-order chi connectivity index (χ0) is 13.7. The van der Waals surface area contributed by atoms with Gasteiger partial charge in [0.15, 0.2) is 0 Å². The van der Waals surface area contributed by atoms with Crippen LogP contribution in [0.2, 0.25) is 0 Å². The molecule has 102 valence electrons. The van der Waals surface area contributed by atoms with Gasteiger partial charge in [0.1, 0.15) is 12.4 Å². The topological polar surface area (TPSA) is 53.1 Å². The third-order valence-electron chi connectivity index (χ3n) is 2.69. The number of nitrogens with zero attached hydrogens (tertiary/aromatic N) is 2. The first-order valence-corrected chi connectivity index (χ1v) is 7.08. The van der Waals surface area contributed by atoms with Crippen molar-refractivity contribution in [3.63, 3.8) is 0 Å². The molecular formula is C14H18BrN3O. The van der Waals surface area contributed by atoms with Gasteiger partial charge in [0.05, 0.1) is 11.0 Å². The summed E-state index contributed by atoms with van der Waals surface area (Å²) in [5.74, 6) is 0.848. The van der Waals surface area contributed by atoms with Gasteiger partial charge >= 0.3 is 0 Å². The largest absolute Gasteiger partial charge is 0.490 e. The number of halogens is 1. The van der Waals surface area contributed by atoms with Crippen molar-refractivity contribution < 1.29 is 4.74 Å². The molecule has 0 aliphatic carbocycles. The summed E-state index contributed by atoms with van der Waals surface area (Å²) < 4.78 is 8.54. The number of nitrogens with two attached hydrogens (primary N) is 1. The number of hydrogen-bond donors (Lipinski definition) is 1. The molecule has 19 heavy (non-hydrogen) atoms. The molecule has 0 saturated heterocycles. The van der Waals surface area contributed by atoms with Crippen molar-refractivity contribution in [3.8, 4) is 5.75 Å². The Labute approximate surface area is 121 Å². The first-order valence-electron chi connectivity index (χ1n) is 6.29. The molecule has 0 saturated carbocycles. The summed E-state index contributed by atoms with van der Waals surface area (Å²) in [5.41, 5.74) is 7.00. The molecule has 4 nitrogen and oxygen atoms in total. The first kappa shape index (κ1) is 14.1. The average Bonchev–Trinajstić information content (AvgIpc) is 2.84. The van der Waals surface area contributed by atoms with Crippen LogP contribution in [0.25, 0.3) is 0 Å². The van der Waals surface area contributed by atoms with Crippen LogP contribution in [0.4, 0.5) is 0 Å². The van der Waals surface area contributed by atoms with E-state index in [-0.39, 0.29) is 6.04 Å². The number of hydrogen-bond acceptors (Lipinski definition) is 3. The summed E-state index contributed by atoms with van der Waals surface area (Å²) in [5, 5.41) is 4.13. The average molecular weight is 324 g/mol. The summed E-state index contributed by atoms with van der Waals surface area (Å²) in [6.45, 7) is 3.33. The van der Waals surface area contributed by atoms with Crippen LogP contribution in [-0.4, -0.2) is 22.4 Å². The number of benzene rings is 1. The molecule has 2 rings (SSSR count). The lowest BCUT2D eigenvalue weighted by Gasteiger charge is -2.11. The minimum atomic E-state index is 0.165. The van der Waals surface area contributed by atoms with Gasteiger partial charge in [-0.25, -0.2) is 0 Å². The van der Waals surface area contributed by atoms with Crippen LogP contribution >= 0.6 is 15.9 Å². The fraction of sp³-hybridized carbons (Fsp3) is 0.357. The van der Waals surface area contributed by atoms with Gasteiger partial charge in [0.2, 0.25) is 0 Å². The highest BCUT2D eigenvalue weighted by atomic mass is 79.9. The van der Waals surface area contributed by atoms with Crippen molar-refractivity contribution in [1.82, 2.24) is 9.78 Å². The molecule has 5 heteroatoms. The summed E-state index contributed by atoms with van der Waals surface area (Å²) in [6.07, 6.45) is 4.55. The Bertz CT molecular complexity index is 511. The Morgan fingerprint density at radius 1 is 1.47 bits per heavy atom. The Balaban J connectivity index is 1.90. The highest BCUT2D eigenvalue weighted by Crippen LogP contribution is 2.26. The molecule has 1 unspecified atom stereocenters. The van der Waals surface area contributed by atoms with Crippen molar-refractivity contribution >= 4 is 15.9 Å². The third-order valence-corrected chi connectivity index (χ3v) is 3.31. The van der Waals surface area contributed by atoms with E-state index in [1.54, 1.807) is 6.20 Å². The predicted octanol–water partition coefficient (Wildman–Crippen LogP) is 2.61. The van der Waals surface area contributed by atoms with Crippen LogP contribution in [0.3, 0.4) is 0 Å². The minimum absolute atomic E-state index is 0.165. The maximum absolute atomic E-state index is 5.79. The zero-order valence-corrected chi connectivity index (χ0v) is 12.5. The van der Waals surface area contributed by atoms with Gasteiger partial charge in [-0.05, 0) is 53.0 Å². The molecule has 2 N–H and O–H groups in total. The van der Waals surface area contributed by atoms with E-state index in [0.717, 1.165) is 23.2 Å². The molecule has 1 heterocycles. The summed E-state index contributed by atoms with van der Waals surface area (Å²) >= 11 is 3.53. The lowest BCUT2D eigenvalue weighted by atomic mass is 10.1. The molecule has 0 spiro atoms. The molecule has 0 fully saturated rings. The van der Waals surface area contributed by atoms with Gasteiger partial charge in [-0.15, -0.1) is 0 Å². The second-order valence-electron chi connectivity index (χ2n) is 4.56. The normalized spacial score (nSPS) is 12.4. The molecule has 0 aliphatic rings. The standard InChI is InChI=1S/C14H18BrN3O/c1-11(16)9-12-3-4-14(13(15)10-12)19-8-7-18-6-2-5-17-18/h2-6,10-11H,7-9,16H2,1H3. The highest BCUT2D eigenvalue weighted by molar-refractivity contribution is 9.10. The SMILES string of the molecule is CC(N)Cc1ccc(OCCn2cccn2)c(Br)c1. The smallest absolute Gasteiger partial charge is 0.133 e. The fourth-order valence-electron chi connectivity index (χ4n) is 1.84. The van der Waals surface area contributed by atoms with Gasteiger partial charge in [-0.3, -0.25) is 4.68 Å². The molecule has 1 aromatic heterocycles. The van der Waals surface area contributed by atoms with E-state index in [2.05, 4.69) is 33.2 Å². The predicted molar refractivity (Wildman–Crippen MR) is 79.2 cm³/mol. The van der Waals surface area contributed by atoms with Crippen LogP contribution in [-0.2, 0) is 13.0 Å². The molecule has 2 aromatic rings. The van der Waals surface area contributed by atoms with Gasteiger partial charge in [-0.2, -0.15) is 5.10 Å².